The van der Waals surface area contributed by atoms with E-state index in [1.54, 1.807) is 0 Å². The van der Waals surface area contributed by atoms with Crippen molar-refractivity contribution in [1.29, 1.82) is 5.41 Å². The average Bonchev–Trinajstić information content (AvgIpc) is 2.67. The summed E-state index contributed by atoms with van der Waals surface area (Å²) in [6.45, 7) is 0. The average molecular weight is 317 g/mol. The van der Waals surface area contributed by atoms with Gasteiger partial charge in [-0.3, -0.25) is 15.0 Å². The van der Waals surface area contributed by atoms with Crippen molar-refractivity contribution in [2.45, 2.75) is 17.8 Å². The molecule has 112 valence electrons. The van der Waals surface area contributed by atoms with Crippen LogP contribution in [0.5, 0.6) is 0 Å². The number of thioether (sulfide) groups is 1. The van der Waals surface area contributed by atoms with Crippen molar-refractivity contribution in [3.8, 4) is 0 Å². The molecule has 1 aromatic rings. The van der Waals surface area contributed by atoms with Crippen molar-refractivity contribution >= 4 is 34.4 Å². The van der Waals surface area contributed by atoms with Crippen LogP contribution in [-0.2, 0) is 15.8 Å². The molecule has 1 aliphatic heterocycles. The van der Waals surface area contributed by atoms with Gasteiger partial charge in [0.05, 0.1) is 11.3 Å². The fraction of sp³-hybridized carbons (Fsp3) is 0.250. The summed E-state index contributed by atoms with van der Waals surface area (Å²) in [4.78, 5) is 23.1. The van der Waals surface area contributed by atoms with Gasteiger partial charge in [-0.25, -0.2) is 0 Å². The van der Waals surface area contributed by atoms with Gasteiger partial charge in [-0.2, -0.15) is 13.2 Å². The zero-order valence-electron chi connectivity index (χ0n) is 10.5. The van der Waals surface area contributed by atoms with Crippen LogP contribution in [0.4, 0.5) is 18.9 Å². The van der Waals surface area contributed by atoms with Crippen LogP contribution in [0.1, 0.15) is 12.0 Å². The number of halogens is 3. The third kappa shape index (κ3) is 3.75. The fourth-order valence-electron chi connectivity index (χ4n) is 1.76. The summed E-state index contributed by atoms with van der Waals surface area (Å²) in [7, 11) is 0. The van der Waals surface area contributed by atoms with Gasteiger partial charge in [-0.15, -0.1) is 0 Å². The normalized spacial score (nSPS) is 18.5. The predicted molar refractivity (Wildman–Crippen MR) is 71.9 cm³/mol. The largest absolute Gasteiger partial charge is 0.418 e. The molecule has 9 heteroatoms. The zero-order valence-corrected chi connectivity index (χ0v) is 11.3. The summed E-state index contributed by atoms with van der Waals surface area (Å²) < 4.78 is 38.3. The number of carbonyl (C=O) groups excluding carboxylic acids is 2. The number of amidine groups is 1. The molecular weight excluding hydrogens is 307 g/mol. The van der Waals surface area contributed by atoms with E-state index in [2.05, 4.69) is 10.6 Å². The van der Waals surface area contributed by atoms with E-state index in [4.69, 9.17) is 5.41 Å². The van der Waals surface area contributed by atoms with E-state index < -0.39 is 28.8 Å². The molecule has 0 bridgehead atoms. The molecule has 1 aliphatic rings. The number of anilines is 1. The molecule has 1 heterocycles. The number of nitrogens with one attached hydrogen (secondary N) is 3. The highest BCUT2D eigenvalue weighted by molar-refractivity contribution is 8.15. The predicted octanol–water partition coefficient (Wildman–Crippen LogP) is 2.20. The van der Waals surface area contributed by atoms with E-state index in [0.717, 1.165) is 23.9 Å². The second-order valence-corrected chi connectivity index (χ2v) is 5.43. The van der Waals surface area contributed by atoms with Crippen molar-refractivity contribution in [2.75, 3.05) is 5.32 Å². The molecule has 1 atom stereocenters. The maximum Gasteiger partial charge on any atom is 0.418 e. The van der Waals surface area contributed by atoms with Gasteiger partial charge in [0, 0.05) is 6.42 Å². The Bertz CT molecular complexity index is 604. The first kappa shape index (κ1) is 15.4. The molecule has 5 nitrogen and oxygen atoms in total. The Kier molecular flexibility index (Phi) is 4.21. The van der Waals surface area contributed by atoms with Gasteiger partial charge in [0.15, 0.2) is 5.17 Å². The maximum atomic E-state index is 12.8. The monoisotopic (exact) mass is 317 g/mol. The smallest absolute Gasteiger partial charge is 0.325 e. The van der Waals surface area contributed by atoms with Crippen LogP contribution in [-0.4, -0.2) is 22.2 Å². The van der Waals surface area contributed by atoms with Crippen LogP contribution in [0.25, 0.3) is 0 Å². The molecule has 0 aromatic heterocycles. The Labute approximate surface area is 121 Å². The van der Waals surface area contributed by atoms with Gasteiger partial charge in [-0.1, -0.05) is 23.9 Å². The molecule has 1 saturated heterocycles. The van der Waals surface area contributed by atoms with Crippen LogP contribution in [0.15, 0.2) is 24.3 Å². The van der Waals surface area contributed by atoms with Gasteiger partial charge in [0.25, 0.3) is 0 Å². The van der Waals surface area contributed by atoms with Crippen molar-refractivity contribution in [3.05, 3.63) is 29.8 Å². The van der Waals surface area contributed by atoms with Crippen molar-refractivity contribution in [1.82, 2.24) is 5.32 Å². The summed E-state index contributed by atoms with van der Waals surface area (Å²) in [5.41, 5.74) is -1.30. The Morgan fingerprint density at radius 1 is 1.38 bits per heavy atom. The number of rotatable bonds is 3. The van der Waals surface area contributed by atoms with Gasteiger partial charge in [0.2, 0.25) is 11.8 Å². The number of alkyl halides is 3. The summed E-state index contributed by atoms with van der Waals surface area (Å²) >= 11 is 0.862. The first-order valence-corrected chi connectivity index (χ1v) is 6.67. The molecule has 1 aromatic carbocycles. The highest BCUT2D eigenvalue weighted by Crippen LogP contribution is 2.34. The maximum absolute atomic E-state index is 12.8. The van der Waals surface area contributed by atoms with Crippen LogP contribution in [0.2, 0.25) is 0 Å². The molecule has 0 aliphatic carbocycles. The lowest BCUT2D eigenvalue weighted by atomic mass is 10.1. The SMILES string of the molecule is N=C1NC(=O)C(CC(=O)Nc2ccccc2C(F)(F)F)S1. The molecule has 1 unspecified atom stereocenters. The molecule has 2 amide bonds. The van der Waals surface area contributed by atoms with E-state index in [-0.39, 0.29) is 17.3 Å². The molecule has 3 N–H and O–H groups in total. The van der Waals surface area contributed by atoms with Crippen LogP contribution >= 0.6 is 11.8 Å². The Balaban J connectivity index is 2.07. The summed E-state index contributed by atoms with van der Waals surface area (Å²) in [6.07, 6.45) is -4.88. The molecule has 0 spiro atoms. The van der Waals surface area contributed by atoms with Gasteiger partial charge >= 0.3 is 6.18 Å². The molecule has 0 saturated carbocycles. The number of hydrogen-bond acceptors (Lipinski definition) is 4. The highest BCUT2D eigenvalue weighted by atomic mass is 32.2. The van der Waals surface area contributed by atoms with E-state index >= 15 is 0 Å². The minimum Gasteiger partial charge on any atom is -0.325 e. The molecule has 1 fully saturated rings. The Morgan fingerprint density at radius 3 is 2.62 bits per heavy atom. The third-order valence-corrected chi connectivity index (χ3v) is 3.67. The van der Waals surface area contributed by atoms with Crippen molar-refractivity contribution in [2.24, 2.45) is 0 Å². The second-order valence-electron chi connectivity index (χ2n) is 4.22. The number of para-hydroxylation sites is 1. The van der Waals surface area contributed by atoms with Crippen molar-refractivity contribution < 1.29 is 22.8 Å². The lowest BCUT2D eigenvalue weighted by molar-refractivity contribution is -0.137. The molecule has 21 heavy (non-hydrogen) atoms. The number of carbonyl (C=O) groups is 2. The topological polar surface area (TPSA) is 82.1 Å². The third-order valence-electron chi connectivity index (χ3n) is 2.67. The first-order valence-electron chi connectivity index (χ1n) is 5.79. The van der Waals surface area contributed by atoms with E-state index in [9.17, 15) is 22.8 Å². The summed E-state index contributed by atoms with van der Waals surface area (Å²) in [5, 5.41) is 10.7. The summed E-state index contributed by atoms with van der Waals surface area (Å²) in [5.74, 6) is -1.21. The lowest BCUT2D eigenvalue weighted by Gasteiger charge is -2.14. The van der Waals surface area contributed by atoms with Gasteiger partial charge < -0.3 is 10.6 Å². The lowest BCUT2D eigenvalue weighted by Crippen LogP contribution is -2.28. The molecular formula is C12H10F3N3O2S. The fourth-order valence-corrected chi connectivity index (χ4v) is 2.61. The summed E-state index contributed by atoms with van der Waals surface area (Å²) in [6, 6.07) is 4.60. The zero-order chi connectivity index (χ0) is 15.6. The second kappa shape index (κ2) is 5.76. The van der Waals surface area contributed by atoms with Gasteiger partial charge in [0.1, 0.15) is 5.25 Å². The van der Waals surface area contributed by atoms with Crippen molar-refractivity contribution in [3.63, 3.8) is 0 Å². The molecule has 0 radical (unpaired) electrons. The van der Waals surface area contributed by atoms with E-state index in [1.807, 2.05) is 0 Å². The van der Waals surface area contributed by atoms with Gasteiger partial charge in [-0.05, 0) is 12.1 Å². The van der Waals surface area contributed by atoms with Crippen LogP contribution in [0.3, 0.4) is 0 Å². The van der Waals surface area contributed by atoms with E-state index in [0.29, 0.717) is 0 Å². The minimum atomic E-state index is -4.58. The first-order chi connectivity index (χ1) is 9.77. The number of amides is 2. The number of hydrogen-bond donors (Lipinski definition) is 3. The Hall–Kier alpha value is -2.03. The minimum absolute atomic E-state index is 0.0755. The van der Waals surface area contributed by atoms with Crippen LogP contribution in [0, 0.1) is 5.41 Å². The quantitative estimate of drug-likeness (QED) is 0.799. The Morgan fingerprint density at radius 2 is 2.05 bits per heavy atom. The number of benzene rings is 1. The van der Waals surface area contributed by atoms with Crippen LogP contribution < -0.4 is 10.6 Å². The highest BCUT2D eigenvalue weighted by Gasteiger charge is 2.35. The standard InChI is InChI=1S/C12H10F3N3O2S/c13-12(14,15)6-3-1-2-4-7(6)17-9(19)5-8-10(20)18-11(16)21-8/h1-4,8H,5H2,(H,17,19)(H2,16,18,20). The molecule has 2 rings (SSSR count). The van der Waals surface area contributed by atoms with E-state index in [1.165, 1.54) is 12.1 Å².